The molecule has 0 fully saturated rings. The van der Waals surface area contributed by atoms with E-state index in [-0.39, 0.29) is 12.2 Å². The highest BCUT2D eigenvalue weighted by Gasteiger charge is 2.02. The molecule has 0 heterocycles. The van der Waals surface area contributed by atoms with Gasteiger partial charge < -0.3 is 20.9 Å². The highest BCUT2D eigenvalue weighted by Crippen LogP contribution is 2.19. The third-order valence-corrected chi connectivity index (χ3v) is 3.11. The van der Waals surface area contributed by atoms with E-state index in [2.05, 4.69) is 0 Å². The van der Waals surface area contributed by atoms with Crippen molar-refractivity contribution >= 4 is 0 Å². The van der Waals surface area contributed by atoms with Crippen LogP contribution in [-0.4, -0.2) is 12.2 Å². The molecule has 0 atom stereocenters. The molecule has 0 saturated carbocycles. The van der Waals surface area contributed by atoms with Gasteiger partial charge in [0.1, 0.15) is 11.5 Å². The van der Waals surface area contributed by atoms with Crippen LogP contribution in [-0.2, 0) is 13.1 Å². The number of para-hydroxylation sites is 2. The minimum atomic E-state index is 0.206. The van der Waals surface area contributed by atoms with E-state index in [1.165, 1.54) is 0 Å². The first-order chi connectivity index (χ1) is 11.5. The molecule has 0 aromatic heterocycles. The molecule has 132 valence electrons. The van der Waals surface area contributed by atoms with Gasteiger partial charge in [-0.05, 0) is 39.8 Å². The number of rotatable bonds is 6. The minimum Gasteiger partial charge on any atom is -0.491 e. The Morgan fingerprint density at radius 2 is 1.00 bits per heavy atom. The van der Waals surface area contributed by atoms with E-state index >= 15 is 0 Å². The Morgan fingerprint density at radius 1 is 0.667 bits per heavy atom. The lowest BCUT2D eigenvalue weighted by Crippen LogP contribution is -2.08. The fourth-order valence-corrected chi connectivity index (χ4v) is 2.08. The second-order valence-corrected chi connectivity index (χ2v) is 5.96. The topological polar surface area (TPSA) is 70.5 Å². The van der Waals surface area contributed by atoms with E-state index in [0.29, 0.717) is 13.1 Å². The van der Waals surface area contributed by atoms with Crippen molar-refractivity contribution in [1.29, 1.82) is 0 Å². The molecule has 2 rings (SSSR count). The summed E-state index contributed by atoms with van der Waals surface area (Å²) in [5.74, 6) is 1.80. The van der Waals surface area contributed by atoms with E-state index in [4.69, 9.17) is 20.9 Å². The fourth-order valence-electron chi connectivity index (χ4n) is 2.08. The summed E-state index contributed by atoms with van der Waals surface area (Å²) in [4.78, 5) is 0. The average Bonchev–Trinajstić information content (AvgIpc) is 2.55. The van der Waals surface area contributed by atoms with Crippen LogP contribution in [0.4, 0.5) is 0 Å². The van der Waals surface area contributed by atoms with E-state index < -0.39 is 0 Å². The lowest BCUT2D eigenvalue weighted by Gasteiger charge is -2.12. The third kappa shape index (κ3) is 7.02. The zero-order valence-corrected chi connectivity index (χ0v) is 15.2. The number of nitrogens with two attached hydrogens (primary N) is 2. The lowest BCUT2D eigenvalue weighted by atomic mass is 10.2. The van der Waals surface area contributed by atoms with Gasteiger partial charge in [0.2, 0.25) is 0 Å². The molecule has 24 heavy (non-hydrogen) atoms. The Kier molecular flexibility index (Phi) is 8.90. The summed E-state index contributed by atoms with van der Waals surface area (Å²) in [5, 5.41) is 0. The van der Waals surface area contributed by atoms with Crippen LogP contribution in [0, 0.1) is 0 Å². The summed E-state index contributed by atoms with van der Waals surface area (Å²) in [6.07, 6.45) is 0.412. The van der Waals surface area contributed by atoms with Gasteiger partial charge in [0.05, 0.1) is 12.2 Å². The average molecular weight is 330 g/mol. The van der Waals surface area contributed by atoms with Gasteiger partial charge in [-0.3, -0.25) is 0 Å². The molecule has 4 N–H and O–H groups in total. The molecular weight excluding hydrogens is 300 g/mol. The highest BCUT2D eigenvalue weighted by molar-refractivity contribution is 5.33. The number of hydrogen-bond donors (Lipinski definition) is 2. The van der Waals surface area contributed by atoms with Crippen molar-refractivity contribution in [3.8, 4) is 11.5 Å². The van der Waals surface area contributed by atoms with Gasteiger partial charge in [0.25, 0.3) is 0 Å². The predicted molar refractivity (Wildman–Crippen MR) is 100 cm³/mol. The molecule has 2 aromatic carbocycles. The molecule has 0 aliphatic rings. The summed E-state index contributed by atoms with van der Waals surface area (Å²) >= 11 is 0. The van der Waals surface area contributed by atoms with E-state index in [1.54, 1.807) is 0 Å². The van der Waals surface area contributed by atoms with Crippen molar-refractivity contribution in [3.63, 3.8) is 0 Å². The second kappa shape index (κ2) is 10.7. The van der Waals surface area contributed by atoms with Crippen molar-refractivity contribution in [2.75, 3.05) is 0 Å². The molecule has 4 heteroatoms. The maximum absolute atomic E-state index is 5.56. The maximum Gasteiger partial charge on any atom is 0.124 e. The van der Waals surface area contributed by atoms with Crippen LogP contribution in [0.15, 0.2) is 48.5 Å². The molecular formula is C20H30N2O2. The van der Waals surface area contributed by atoms with Crippen LogP contribution in [0.3, 0.4) is 0 Å². The second-order valence-electron chi connectivity index (χ2n) is 5.96. The van der Waals surface area contributed by atoms with Crippen molar-refractivity contribution in [1.82, 2.24) is 0 Å². The van der Waals surface area contributed by atoms with E-state index in [9.17, 15) is 0 Å². The maximum atomic E-state index is 5.56. The summed E-state index contributed by atoms with van der Waals surface area (Å²) in [5.41, 5.74) is 13.2. The summed E-state index contributed by atoms with van der Waals surface area (Å²) in [7, 11) is 0. The molecule has 0 bridgehead atoms. The quantitative estimate of drug-likeness (QED) is 0.843. The predicted octanol–water partition coefficient (Wildman–Crippen LogP) is 3.87. The van der Waals surface area contributed by atoms with Crippen LogP contribution >= 0.6 is 0 Å². The van der Waals surface area contributed by atoms with Crippen LogP contribution in [0.5, 0.6) is 11.5 Å². The van der Waals surface area contributed by atoms with Gasteiger partial charge in [-0.2, -0.15) is 0 Å². The molecule has 0 radical (unpaired) electrons. The Morgan fingerprint density at radius 3 is 1.29 bits per heavy atom. The first-order valence-corrected chi connectivity index (χ1v) is 8.37. The van der Waals surface area contributed by atoms with Crippen LogP contribution in [0.2, 0.25) is 0 Å². The summed E-state index contributed by atoms with van der Waals surface area (Å²) in [6, 6.07) is 15.7. The van der Waals surface area contributed by atoms with Crippen molar-refractivity contribution < 1.29 is 9.47 Å². The molecule has 0 unspecified atom stereocenters. The Bertz CT molecular complexity index is 544. The monoisotopic (exact) mass is 330 g/mol. The Labute approximate surface area is 145 Å². The van der Waals surface area contributed by atoms with Gasteiger partial charge in [0, 0.05) is 24.2 Å². The molecule has 0 amide bonds. The van der Waals surface area contributed by atoms with Crippen LogP contribution < -0.4 is 20.9 Å². The van der Waals surface area contributed by atoms with Crippen LogP contribution in [0.25, 0.3) is 0 Å². The SMILES string of the molecule is CC(C)Oc1ccccc1CN.CC(C)Oc1ccccc1CN. The number of hydrogen-bond acceptors (Lipinski definition) is 4. The molecule has 0 aliphatic heterocycles. The smallest absolute Gasteiger partial charge is 0.124 e. The van der Waals surface area contributed by atoms with Gasteiger partial charge in [-0.15, -0.1) is 0 Å². The van der Waals surface area contributed by atoms with Gasteiger partial charge in [-0.25, -0.2) is 0 Å². The highest BCUT2D eigenvalue weighted by atomic mass is 16.5. The number of ether oxygens (including phenoxy) is 2. The largest absolute Gasteiger partial charge is 0.491 e. The van der Waals surface area contributed by atoms with Crippen molar-refractivity contribution in [2.45, 2.75) is 53.0 Å². The summed E-state index contributed by atoms with van der Waals surface area (Å²) in [6.45, 7) is 9.09. The Hall–Kier alpha value is -2.04. The standard InChI is InChI=1S/2C10H15NO/c2*1-8(2)12-10-6-4-3-5-9(10)7-11/h2*3-6,8H,7,11H2,1-2H3. The molecule has 0 saturated heterocycles. The van der Waals surface area contributed by atoms with E-state index in [0.717, 1.165) is 22.6 Å². The van der Waals surface area contributed by atoms with Crippen molar-refractivity contribution in [3.05, 3.63) is 59.7 Å². The fraction of sp³-hybridized carbons (Fsp3) is 0.400. The van der Waals surface area contributed by atoms with Gasteiger partial charge >= 0.3 is 0 Å². The minimum absolute atomic E-state index is 0.206. The third-order valence-electron chi connectivity index (χ3n) is 3.11. The van der Waals surface area contributed by atoms with Crippen molar-refractivity contribution in [2.24, 2.45) is 11.5 Å². The molecule has 0 spiro atoms. The lowest BCUT2D eigenvalue weighted by molar-refractivity contribution is 0.239. The van der Waals surface area contributed by atoms with E-state index in [1.807, 2.05) is 76.2 Å². The first kappa shape index (κ1) is 20.0. The first-order valence-electron chi connectivity index (χ1n) is 8.37. The Balaban J connectivity index is 0.000000240. The zero-order valence-electron chi connectivity index (χ0n) is 15.2. The van der Waals surface area contributed by atoms with Gasteiger partial charge in [0.15, 0.2) is 0 Å². The molecule has 0 aliphatic carbocycles. The molecule has 4 nitrogen and oxygen atoms in total. The van der Waals surface area contributed by atoms with Crippen LogP contribution in [0.1, 0.15) is 38.8 Å². The molecule has 2 aromatic rings. The zero-order chi connectivity index (χ0) is 17.9. The van der Waals surface area contributed by atoms with Gasteiger partial charge in [-0.1, -0.05) is 36.4 Å². The summed E-state index contributed by atoms with van der Waals surface area (Å²) < 4.78 is 11.1. The normalized spacial score (nSPS) is 10.3. The number of benzene rings is 2.